The van der Waals surface area contributed by atoms with Crippen LogP contribution < -0.4 is 10.9 Å². The van der Waals surface area contributed by atoms with Crippen molar-refractivity contribution in [2.75, 3.05) is 5.43 Å². The van der Waals surface area contributed by atoms with Crippen molar-refractivity contribution < 1.29 is 9.53 Å². The fourth-order valence-corrected chi connectivity index (χ4v) is 2.97. The van der Waals surface area contributed by atoms with Crippen LogP contribution in [0.4, 0.5) is 10.5 Å². The van der Waals surface area contributed by atoms with E-state index in [-0.39, 0.29) is 6.10 Å². The molecule has 3 rings (SSSR count). The molecule has 3 aromatic carbocycles. The van der Waals surface area contributed by atoms with Gasteiger partial charge in [0.25, 0.3) is 0 Å². The number of nitrogens with one attached hydrogen (secondary N) is 2. The number of hydrazine groups is 1. The molecule has 1 atom stereocenters. The number of carbonyl (C=O) groups excluding carboxylic acids is 1. The number of fused-ring (bicyclic) bond motifs is 1. The summed E-state index contributed by atoms with van der Waals surface area (Å²) >= 11 is 0. The quantitative estimate of drug-likeness (QED) is 0.569. The van der Waals surface area contributed by atoms with E-state index in [1.807, 2.05) is 54.6 Å². The Hall–Kier alpha value is -3.01. The Morgan fingerprint density at radius 1 is 0.962 bits per heavy atom. The smallest absolute Gasteiger partial charge is 0.426 e. The van der Waals surface area contributed by atoms with Gasteiger partial charge in [-0.25, -0.2) is 10.2 Å². The number of rotatable bonds is 7. The molecule has 0 fully saturated rings. The first-order valence-electron chi connectivity index (χ1n) is 9.00. The largest absolute Gasteiger partial charge is 0.445 e. The molecular formula is C22H24N2O2. The molecule has 0 spiro atoms. The highest BCUT2D eigenvalue weighted by molar-refractivity contribution is 5.85. The zero-order valence-electron chi connectivity index (χ0n) is 14.9. The highest BCUT2D eigenvalue weighted by Crippen LogP contribution is 2.18. The van der Waals surface area contributed by atoms with Gasteiger partial charge in [-0.05, 0) is 34.9 Å². The van der Waals surface area contributed by atoms with Crippen LogP contribution in [-0.4, -0.2) is 12.2 Å². The summed E-state index contributed by atoms with van der Waals surface area (Å²) in [6.45, 7) is 2.09. The molecule has 0 aliphatic heterocycles. The maximum absolute atomic E-state index is 12.2. The third-order valence-electron chi connectivity index (χ3n) is 4.25. The second-order valence-electron chi connectivity index (χ2n) is 6.32. The Kier molecular flexibility index (Phi) is 6.09. The number of carbonyl (C=O) groups is 1. The van der Waals surface area contributed by atoms with Crippen molar-refractivity contribution in [1.82, 2.24) is 5.43 Å². The third kappa shape index (κ3) is 4.99. The van der Waals surface area contributed by atoms with E-state index < -0.39 is 6.09 Å². The van der Waals surface area contributed by atoms with Gasteiger partial charge in [0.05, 0.1) is 5.69 Å². The van der Waals surface area contributed by atoms with Crippen LogP contribution in [-0.2, 0) is 11.2 Å². The number of amides is 1. The molecule has 0 heterocycles. The van der Waals surface area contributed by atoms with Gasteiger partial charge in [0.2, 0.25) is 0 Å². The predicted molar refractivity (Wildman–Crippen MR) is 106 cm³/mol. The number of anilines is 1. The van der Waals surface area contributed by atoms with E-state index in [9.17, 15) is 4.79 Å². The average Bonchev–Trinajstić information content (AvgIpc) is 2.67. The van der Waals surface area contributed by atoms with Crippen LogP contribution in [0.15, 0.2) is 72.8 Å². The molecule has 0 saturated carbocycles. The zero-order chi connectivity index (χ0) is 18.2. The van der Waals surface area contributed by atoms with Gasteiger partial charge >= 0.3 is 6.09 Å². The molecule has 4 heteroatoms. The zero-order valence-corrected chi connectivity index (χ0v) is 14.9. The van der Waals surface area contributed by atoms with Crippen molar-refractivity contribution in [3.63, 3.8) is 0 Å². The minimum Gasteiger partial charge on any atom is -0.445 e. The van der Waals surface area contributed by atoms with Crippen molar-refractivity contribution in [3.8, 4) is 0 Å². The van der Waals surface area contributed by atoms with Crippen molar-refractivity contribution in [2.45, 2.75) is 32.3 Å². The minimum absolute atomic E-state index is 0.138. The lowest BCUT2D eigenvalue weighted by Gasteiger charge is -2.18. The molecule has 0 aromatic heterocycles. The molecule has 0 radical (unpaired) electrons. The fraction of sp³-hybridized carbons (Fsp3) is 0.227. The molecule has 0 aliphatic rings. The van der Waals surface area contributed by atoms with Gasteiger partial charge in [-0.2, -0.15) is 0 Å². The monoisotopic (exact) mass is 348 g/mol. The first-order valence-corrected chi connectivity index (χ1v) is 9.00. The average molecular weight is 348 g/mol. The summed E-state index contributed by atoms with van der Waals surface area (Å²) in [5.41, 5.74) is 7.53. The highest BCUT2D eigenvalue weighted by atomic mass is 16.6. The Bertz CT molecular complexity index is 849. The minimum atomic E-state index is -0.465. The Balaban J connectivity index is 1.55. The van der Waals surface area contributed by atoms with E-state index in [2.05, 4.69) is 36.0 Å². The lowest BCUT2D eigenvalue weighted by molar-refractivity contribution is 0.0938. The van der Waals surface area contributed by atoms with E-state index in [0.717, 1.165) is 35.7 Å². The first-order chi connectivity index (χ1) is 12.7. The number of hydrogen-bond donors (Lipinski definition) is 2. The standard InChI is InChI=1S/C22H24N2O2/c1-2-8-21(15-17-9-4-3-5-10-17)26-22(25)24-23-20-14-13-18-11-6-7-12-19(18)16-20/h3-7,9-14,16,21,23H,2,8,15H2,1H3,(H,24,25). The van der Waals surface area contributed by atoms with Gasteiger partial charge in [-0.3, -0.25) is 5.43 Å². The third-order valence-corrected chi connectivity index (χ3v) is 4.25. The summed E-state index contributed by atoms with van der Waals surface area (Å²) in [7, 11) is 0. The van der Waals surface area contributed by atoms with Gasteiger partial charge < -0.3 is 4.74 Å². The summed E-state index contributed by atoms with van der Waals surface area (Å²) in [5.74, 6) is 0. The van der Waals surface area contributed by atoms with E-state index in [4.69, 9.17) is 4.74 Å². The topological polar surface area (TPSA) is 50.4 Å². The highest BCUT2D eigenvalue weighted by Gasteiger charge is 2.14. The molecule has 1 amide bonds. The van der Waals surface area contributed by atoms with Gasteiger partial charge in [0.1, 0.15) is 6.10 Å². The molecule has 4 nitrogen and oxygen atoms in total. The van der Waals surface area contributed by atoms with Crippen molar-refractivity contribution in [2.24, 2.45) is 0 Å². The maximum atomic E-state index is 12.2. The summed E-state index contributed by atoms with van der Waals surface area (Å²) in [5, 5.41) is 2.27. The van der Waals surface area contributed by atoms with Gasteiger partial charge in [-0.1, -0.05) is 74.0 Å². The lowest BCUT2D eigenvalue weighted by atomic mass is 10.0. The SMILES string of the molecule is CCCC(Cc1ccccc1)OC(=O)NNc1ccc2ccccc2c1. The Morgan fingerprint density at radius 2 is 1.69 bits per heavy atom. The van der Waals surface area contributed by atoms with Crippen LogP contribution >= 0.6 is 0 Å². The molecule has 26 heavy (non-hydrogen) atoms. The molecule has 0 saturated heterocycles. The molecule has 0 aliphatic carbocycles. The molecule has 134 valence electrons. The second-order valence-corrected chi connectivity index (χ2v) is 6.32. The summed E-state index contributed by atoms with van der Waals surface area (Å²) in [6.07, 6.45) is 1.91. The van der Waals surface area contributed by atoms with E-state index in [1.54, 1.807) is 0 Å². The van der Waals surface area contributed by atoms with Crippen LogP contribution in [0.3, 0.4) is 0 Å². The molecule has 3 aromatic rings. The second kappa shape index (κ2) is 8.90. The van der Waals surface area contributed by atoms with Crippen molar-refractivity contribution >= 4 is 22.6 Å². The number of benzene rings is 3. The summed E-state index contributed by atoms with van der Waals surface area (Å²) < 4.78 is 5.59. The van der Waals surface area contributed by atoms with Crippen molar-refractivity contribution in [1.29, 1.82) is 0 Å². The molecule has 2 N–H and O–H groups in total. The van der Waals surface area contributed by atoms with Gasteiger partial charge in [-0.15, -0.1) is 0 Å². The molecular weight excluding hydrogens is 324 g/mol. The first kappa shape index (κ1) is 17.8. The van der Waals surface area contributed by atoms with Gasteiger partial charge in [0.15, 0.2) is 0 Å². The van der Waals surface area contributed by atoms with E-state index >= 15 is 0 Å². The molecule has 1 unspecified atom stereocenters. The van der Waals surface area contributed by atoms with E-state index in [0.29, 0.717) is 0 Å². The van der Waals surface area contributed by atoms with Gasteiger partial charge in [0, 0.05) is 6.42 Å². The van der Waals surface area contributed by atoms with Crippen LogP contribution in [0.2, 0.25) is 0 Å². The Labute approximate surface area is 154 Å². The van der Waals surface area contributed by atoms with Crippen LogP contribution in [0.5, 0.6) is 0 Å². The summed E-state index contributed by atoms with van der Waals surface area (Å²) in [6, 6.07) is 24.1. The fourth-order valence-electron chi connectivity index (χ4n) is 2.97. The van der Waals surface area contributed by atoms with E-state index in [1.165, 1.54) is 5.56 Å². The van der Waals surface area contributed by atoms with Crippen molar-refractivity contribution in [3.05, 3.63) is 78.4 Å². The Morgan fingerprint density at radius 3 is 2.46 bits per heavy atom. The summed E-state index contributed by atoms with van der Waals surface area (Å²) in [4.78, 5) is 12.2. The normalized spacial score (nSPS) is 11.7. The number of ether oxygens (including phenoxy) is 1. The number of hydrogen-bond acceptors (Lipinski definition) is 3. The van der Waals surface area contributed by atoms with Crippen LogP contribution in [0, 0.1) is 0 Å². The lowest BCUT2D eigenvalue weighted by Crippen LogP contribution is -2.34. The van der Waals surface area contributed by atoms with Crippen LogP contribution in [0.1, 0.15) is 25.3 Å². The molecule has 0 bridgehead atoms. The predicted octanol–water partition coefficient (Wildman–Crippen LogP) is 5.30. The maximum Gasteiger partial charge on any atom is 0.426 e. The van der Waals surface area contributed by atoms with Crippen LogP contribution in [0.25, 0.3) is 10.8 Å².